The Hall–Kier alpha value is -4.00. The fourth-order valence-electron chi connectivity index (χ4n) is 4.55. The van der Waals surface area contributed by atoms with Gasteiger partial charge in [0, 0.05) is 24.2 Å². The maximum Gasteiger partial charge on any atom is 0.232 e. The Morgan fingerprint density at radius 3 is 2.97 bits per heavy atom. The fraction of sp³-hybridized carbons (Fsp3) is 0.391. The van der Waals surface area contributed by atoms with Gasteiger partial charge in [0.25, 0.3) is 0 Å². The highest BCUT2D eigenvalue weighted by atomic mass is 16.2. The van der Waals surface area contributed by atoms with Crippen molar-refractivity contribution in [2.75, 3.05) is 22.5 Å². The summed E-state index contributed by atoms with van der Waals surface area (Å²) >= 11 is 0. The number of aliphatic imine (C=N–C) groups is 1. The number of nitrogens with one attached hydrogen (secondary N) is 4. The number of nitrogens with two attached hydrogens (primary N) is 1. The lowest BCUT2D eigenvalue weighted by molar-refractivity contribution is -0.117. The van der Waals surface area contributed by atoms with Gasteiger partial charge in [0.1, 0.15) is 29.6 Å². The Morgan fingerprint density at radius 1 is 1.45 bits per heavy atom. The third-order valence-corrected chi connectivity index (χ3v) is 6.69. The average molecular weight is 446 g/mol. The molecule has 10 nitrogen and oxygen atoms in total. The summed E-state index contributed by atoms with van der Waals surface area (Å²) in [5, 5.41) is 26.1. The first kappa shape index (κ1) is 22.2. The van der Waals surface area contributed by atoms with Gasteiger partial charge in [-0.1, -0.05) is 32.0 Å². The number of aromatic nitrogens is 2. The molecule has 6 N–H and O–H groups in total. The second-order valence-corrected chi connectivity index (χ2v) is 8.90. The van der Waals surface area contributed by atoms with E-state index in [2.05, 4.69) is 50.8 Å². The zero-order chi connectivity index (χ0) is 23.6. The first-order valence-electron chi connectivity index (χ1n) is 10.8. The van der Waals surface area contributed by atoms with Crippen LogP contribution >= 0.6 is 0 Å². The fourth-order valence-corrected chi connectivity index (χ4v) is 4.55. The summed E-state index contributed by atoms with van der Waals surface area (Å²) in [7, 11) is 0. The van der Waals surface area contributed by atoms with Gasteiger partial charge in [0.05, 0.1) is 12.1 Å². The van der Waals surface area contributed by atoms with E-state index >= 15 is 0 Å². The predicted molar refractivity (Wildman–Crippen MR) is 127 cm³/mol. The molecule has 0 spiro atoms. The number of amidine groups is 1. The van der Waals surface area contributed by atoms with Crippen LogP contribution in [0.3, 0.4) is 0 Å². The normalized spacial score (nSPS) is 23.0. The van der Waals surface area contributed by atoms with Crippen molar-refractivity contribution in [1.82, 2.24) is 9.97 Å². The van der Waals surface area contributed by atoms with E-state index in [-0.39, 0.29) is 29.2 Å². The number of rotatable bonds is 8. The number of hydrogen-bond donors (Lipinski definition) is 5. The van der Waals surface area contributed by atoms with Crippen LogP contribution in [-0.2, 0) is 4.79 Å². The van der Waals surface area contributed by atoms with Crippen molar-refractivity contribution >= 4 is 35.5 Å². The van der Waals surface area contributed by atoms with E-state index in [0.717, 1.165) is 24.0 Å². The van der Waals surface area contributed by atoms with E-state index in [9.17, 15) is 10.1 Å². The molecule has 10 heteroatoms. The van der Waals surface area contributed by atoms with E-state index in [1.165, 1.54) is 6.20 Å². The topological polar surface area (TPSA) is 165 Å². The molecule has 170 valence electrons. The minimum atomic E-state index is -0.217. The van der Waals surface area contributed by atoms with Gasteiger partial charge in [-0.3, -0.25) is 10.2 Å². The molecule has 0 radical (unpaired) electrons. The summed E-state index contributed by atoms with van der Waals surface area (Å²) in [4.78, 5) is 25.0. The molecule has 1 aliphatic heterocycles. The number of para-hydroxylation sites is 1. The van der Waals surface area contributed by atoms with Crippen molar-refractivity contribution in [2.24, 2.45) is 22.1 Å². The highest BCUT2D eigenvalue weighted by molar-refractivity contribution is 6.02. The van der Waals surface area contributed by atoms with Crippen LogP contribution in [-0.4, -0.2) is 40.6 Å². The number of amides is 1. The average Bonchev–Trinajstić information content (AvgIpc) is 3.11. The van der Waals surface area contributed by atoms with Crippen LogP contribution in [0.15, 0.2) is 35.5 Å². The van der Waals surface area contributed by atoms with Crippen molar-refractivity contribution in [1.29, 1.82) is 10.7 Å². The molecule has 1 aliphatic carbocycles. The molecule has 2 aliphatic rings. The van der Waals surface area contributed by atoms with Crippen molar-refractivity contribution in [2.45, 2.75) is 38.6 Å². The second-order valence-electron chi connectivity index (χ2n) is 8.90. The van der Waals surface area contributed by atoms with Crippen LogP contribution in [0.4, 0.5) is 17.5 Å². The number of nitriles is 1. The Balaban J connectivity index is 1.41. The molecule has 3 unspecified atom stereocenters. The summed E-state index contributed by atoms with van der Waals surface area (Å²) < 4.78 is 0. The van der Waals surface area contributed by atoms with Crippen LogP contribution in [0.5, 0.6) is 0 Å². The van der Waals surface area contributed by atoms with Gasteiger partial charge in [-0.25, -0.2) is 9.98 Å². The van der Waals surface area contributed by atoms with Crippen molar-refractivity contribution in [3.63, 3.8) is 0 Å². The minimum Gasteiger partial charge on any atom is -0.387 e. The number of anilines is 3. The molecule has 1 aromatic heterocycles. The van der Waals surface area contributed by atoms with Crippen LogP contribution in [0.2, 0.25) is 0 Å². The van der Waals surface area contributed by atoms with Gasteiger partial charge in [-0.15, -0.1) is 0 Å². The number of benzene rings is 1. The van der Waals surface area contributed by atoms with E-state index in [1.54, 1.807) is 0 Å². The van der Waals surface area contributed by atoms with Gasteiger partial charge >= 0.3 is 0 Å². The first-order valence-corrected chi connectivity index (χ1v) is 10.8. The van der Waals surface area contributed by atoms with Gasteiger partial charge < -0.3 is 21.7 Å². The first-order chi connectivity index (χ1) is 15.8. The highest BCUT2D eigenvalue weighted by Gasteiger charge is 2.50. The molecule has 0 saturated heterocycles. The molecular formula is C23H27N9O. The molecule has 4 rings (SSSR count). The van der Waals surface area contributed by atoms with Gasteiger partial charge in [-0.2, -0.15) is 10.2 Å². The Morgan fingerprint density at radius 2 is 2.24 bits per heavy atom. The van der Waals surface area contributed by atoms with Crippen molar-refractivity contribution in [3.05, 3.63) is 41.6 Å². The zero-order valence-corrected chi connectivity index (χ0v) is 18.6. The number of carbonyl (C=O) groups excluding carboxylic acids is 1. The van der Waals surface area contributed by atoms with Crippen molar-refractivity contribution in [3.8, 4) is 6.07 Å². The minimum absolute atomic E-state index is 0.00583. The molecule has 0 bridgehead atoms. The highest BCUT2D eigenvalue weighted by Crippen LogP contribution is 2.47. The molecule has 2 heterocycles. The van der Waals surface area contributed by atoms with Gasteiger partial charge in [-0.05, 0) is 29.9 Å². The number of nitrogens with zero attached hydrogens (tertiary/aromatic N) is 4. The summed E-state index contributed by atoms with van der Waals surface area (Å²) in [6.45, 7) is 4.65. The molecule has 1 saturated carbocycles. The SMILES string of the molecule is CC1(C)C(Nc2nc(NCCC3C(=O)Nc4ccccc43)ncc2C#N)CC1C(N)=NC=N. The standard InChI is InChI=1S/C23H27N9O/c1-23(2)16(19(26)29-12-25)9-18(23)31-20-13(10-24)11-28-22(32-20)27-8-7-15-14-5-3-4-6-17(14)30-21(15)33/h3-6,11-12,15-16,18H,7-9H2,1-2H3,(H,30,33)(H3,25,26,29)(H2,27,28,31,32). The lowest BCUT2D eigenvalue weighted by atomic mass is 9.58. The second kappa shape index (κ2) is 8.86. The summed E-state index contributed by atoms with van der Waals surface area (Å²) in [5.41, 5.74) is 8.00. The summed E-state index contributed by atoms with van der Waals surface area (Å²) in [5.74, 6) is 1.11. The number of hydrogen-bond acceptors (Lipinski definition) is 7. The molecule has 2 aromatic rings. The zero-order valence-electron chi connectivity index (χ0n) is 18.6. The Bertz CT molecular complexity index is 1150. The van der Waals surface area contributed by atoms with Crippen LogP contribution in [0.1, 0.15) is 43.7 Å². The molecular weight excluding hydrogens is 418 g/mol. The molecule has 1 amide bonds. The van der Waals surface area contributed by atoms with Crippen molar-refractivity contribution < 1.29 is 4.79 Å². The van der Waals surface area contributed by atoms with Gasteiger partial charge in [0.2, 0.25) is 11.9 Å². The maximum absolute atomic E-state index is 12.3. The lowest BCUT2D eigenvalue weighted by Gasteiger charge is -2.52. The van der Waals surface area contributed by atoms with Crippen LogP contribution in [0.25, 0.3) is 0 Å². The predicted octanol–water partition coefficient (Wildman–Crippen LogP) is 2.68. The Labute approximate surface area is 192 Å². The lowest BCUT2D eigenvalue weighted by Crippen LogP contribution is -2.58. The molecule has 33 heavy (non-hydrogen) atoms. The third kappa shape index (κ3) is 4.22. The Kier molecular flexibility index (Phi) is 5.96. The number of carbonyl (C=O) groups is 1. The summed E-state index contributed by atoms with van der Waals surface area (Å²) in [6, 6.07) is 9.86. The monoisotopic (exact) mass is 445 g/mol. The smallest absolute Gasteiger partial charge is 0.232 e. The van der Waals surface area contributed by atoms with E-state index in [1.807, 2.05) is 24.3 Å². The quantitative estimate of drug-likeness (QED) is 0.308. The molecule has 1 fully saturated rings. The summed E-state index contributed by atoms with van der Waals surface area (Å²) in [6.07, 6.45) is 3.77. The van der Waals surface area contributed by atoms with Crippen LogP contribution < -0.4 is 21.7 Å². The van der Waals surface area contributed by atoms with E-state index in [0.29, 0.717) is 36.1 Å². The van der Waals surface area contributed by atoms with Crippen LogP contribution in [0, 0.1) is 28.1 Å². The largest absolute Gasteiger partial charge is 0.387 e. The number of fused-ring (bicyclic) bond motifs is 1. The maximum atomic E-state index is 12.3. The van der Waals surface area contributed by atoms with E-state index < -0.39 is 0 Å². The third-order valence-electron chi connectivity index (χ3n) is 6.69. The molecule has 1 aromatic carbocycles. The van der Waals surface area contributed by atoms with E-state index in [4.69, 9.17) is 11.1 Å². The molecule has 3 atom stereocenters. The van der Waals surface area contributed by atoms with Gasteiger partial charge in [0.15, 0.2) is 0 Å².